The molecule has 0 spiro atoms. The van der Waals surface area contributed by atoms with Gasteiger partial charge < -0.3 is 10.5 Å². The number of ether oxygens (including phenoxy) is 1. The molecule has 0 saturated heterocycles. The minimum atomic E-state index is 0.0590. The van der Waals surface area contributed by atoms with Crippen LogP contribution in [0.25, 0.3) is 0 Å². The number of nitrogens with zero attached hydrogens (tertiary/aromatic N) is 1. The van der Waals surface area contributed by atoms with Crippen LogP contribution in [0, 0.1) is 5.92 Å². The second-order valence-electron chi connectivity index (χ2n) is 6.69. The van der Waals surface area contributed by atoms with Crippen LogP contribution in [0.5, 0.6) is 5.75 Å². The molecule has 1 aliphatic carbocycles. The monoisotopic (exact) mass is 290 g/mol. The van der Waals surface area contributed by atoms with Crippen molar-refractivity contribution in [3.05, 3.63) is 29.8 Å². The Hall–Kier alpha value is -1.06. The van der Waals surface area contributed by atoms with Crippen LogP contribution in [0.3, 0.4) is 0 Å². The number of methoxy groups -OCH3 is 1. The van der Waals surface area contributed by atoms with Gasteiger partial charge in [-0.2, -0.15) is 0 Å². The largest absolute Gasteiger partial charge is 0.497 e. The highest BCUT2D eigenvalue weighted by Gasteiger charge is 2.34. The molecule has 0 heterocycles. The van der Waals surface area contributed by atoms with Gasteiger partial charge >= 0.3 is 0 Å². The fraction of sp³-hybridized carbons (Fsp3) is 0.667. The molecule has 2 N–H and O–H groups in total. The van der Waals surface area contributed by atoms with Crippen molar-refractivity contribution in [3.8, 4) is 5.75 Å². The lowest BCUT2D eigenvalue weighted by molar-refractivity contribution is 0.165. The SMILES string of the molecule is COc1ccc(C(N)C(C)N(CCC(C)C)C2CC2)cc1. The summed E-state index contributed by atoms with van der Waals surface area (Å²) >= 11 is 0. The fourth-order valence-electron chi connectivity index (χ4n) is 2.84. The van der Waals surface area contributed by atoms with Crippen molar-refractivity contribution < 1.29 is 4.74 Å². The Kier molecular flexibility index (Phi) is 5.65. The average molecular weight is 290 g/mol. The second-order valence-corrected chi connectivity index (χ2v) is 6.69. The van der Waals surface area contributed by atoms with Crippen LogP contribution in [-0.2, 0) is 0 Å². The van der Waals surface area contributed by atoms with Crippen LogP contribution in [0.4, 0.5) is 0 Å². The molecule has 0 bridgehead atoms. The second kappa shape index (κ2) is 7.28. The molecule has 1 aliphatic rings. The van der Waals surface area contributed by atoms with E-state index in [2.05, 4.69) is 37.8 Å². The van der Waals surface area contributed by atoms with Gasteiger partial charge in [0.1, 0.15) is 5.75 Å². The molecule has 1 fully saturated rings. The van der Waals surface area contributed by atoms with E-state index in [-0.39, 0.29) is 6.04 Å². The van der Waals surface area contributed by atoms with E-state index in [9.17, 15) is 0 Å². The summed E-state index contributed by atoms with van der Waals surface area (Å²) < 4.78 is 5.22. The highest BCUT2D eigenvalue weighted by atomic mass is 16.5. The van der Waals surface area contributed by atoms with E-state index < -0.39 is 0 Å². The minimum absolute atomic E-state index is 0.0590. The summed E-state index contributed by atoms with van der Waals surface area (Å²) in [6, 6.07) is 9.37. The smallest absolute Gasteiger partial charge is 0.118 e. The minimum Gasteiger partial charge on any atom is -0.497 e. The number of hydrogen-bond donors (Lipinski definition) is 1. The standard InChI is InChI=1S/C18H30N2O/c1-13(2)11-12-20(16-7-8-16)14(3)18(19)15-5-9-17(21-4)10-6-15/h5-6,9-10,13-14,16,18H,7-8,11-12,19H2,1-4H3. The van der Waals surface area contributed by atoms with Crippen molar-refractivity contribution in [2.45, 2.75) is 58.2 Å². The van der Waals surface area contributed by atoms with Crippen molar-refractivity contribution in [1.29, 1.82) is 0 Å². The summed E-state index contributed by atoms with van der Waals surface area (Å²) in [6.07, 6.45) is 3.91. The Balaban J connectivity index is 2.02. The molecule has 3 nitrogen and oxygen atoms in total. The van der Waals surface area contributed by atoms with E-state index in [0.29, 0.717) is 6.04 Å². The van der Waals surface area contributed by atoms with Gasteiger partial charge in [0.05, 0.1) is 7.11 Å². The topological polar surface area (TPSA) is 38.5 Å². The Morgan fingerprint density at radius 3 is 2.29 bits per heavy atom. The van der Waals surface area contributed by atoms with Crippen molar-refractivity contribution in [3.63, 3.8) is 0 Å². The molecule has 1 aromatic rings. The molecular formula is C18H30N2O. The van der Waals surface area contributed by atoms with Gasteiger partial charge in [-0.25, -0.2) is 0 Å². The van der Waals surface area contributed by atoms with Gasteiger partial charge in [0.2, 0.25) is 0 Å². The highest BCUT2D eigenvalue weighted by molar-refractivity contribution is 5.29. The van der Waals surface area contributed by atoms with Crippen LogP contribution in [0.1, 0.15) is 51.6 Å². The van der Waals surface area contributed by atoms with Gasteiger partial charge in [-0.3, -0.25) is 4.90 Å². The van der Waals surface area contributed by atoms with Crippen molar-refractivity contribution in [2.24, 2.45) is 11.7 Å². The van der Waals surface area contributed by atoms with Crippen LogP contribution < -0.4 is 10.5 Å². The molecule has 21 heavy (non-hydrogen) atoms. The summed E-state index contributed by atoms with van der Waals surface area (Å²) in [6.45, 7) is 8.01. The Bertz CT molecular complexity index is 425. The lowest BCUT2D eigenvalue weighted by Gasteiger charge is -2.34. The first kappa shape index (κ1) is 16.3. The van der Waals surface area contributed by atoms with Gasteiger partial charge in [-0.05, 0) is 56.3 Å². The zero-order valence-electron chi connectivity index (χ0n) is 13.9. The molecular weight excluding hydrogens is 260 g/mol. The first-order valence-electron chi connectivity index (χ1n) is 8.18. The maximum atomic E-state index is 6.52. The normalized spacial score (nSPS) is 18.0. The maximum absolute atomic E-state index is 6.52. The molecule has 2 rings (SSSR count). The molecule has 0 radical (unpaired) electrons. The Morgan fingerprint density at radius 1 is 1.19 bits per heavy atom. The summed E-state index contributed by atoms with van der Waals surface area (Å²) in [5.74, 6) is 1.63. The van der Waals surface area contributed by atoms with E-state index in [1.54, 1.807) is 7.11 Å². The molecule has 3 heteroatoms. The van der Waals surface area contributed by atoms with Crippen LogP contribution in [0.2, 0.25) is 0 Å². The van der Waals surface area contributed by atoms with Crippen LogP contribution in [-0.4, -0.2) is 30.6 Å². The Morgan fingerprint density at radius 2 is 1.81 bits per heavy atom. The summed E-state index contributed by atoms with van der Waals surface area (Å²) in [7, 11) is 1.69. The first-order valence-corrected chi connectivity index (χ1v) is 8.18. The van der Waals surface area contributed by atoms with Gasteiger partial charge in [-0.15, -0.1) is 0 Å². The van der Waals surface area contributed by atoms with Gasteiger partial charge in [0.25, 0.3) is 0 Å². The number of nitrogens with two attached hydrogens (primary N) is 1. The van der Waals surface area contributed by atoms with Gasteiger partial charge in [0.15, 0.2) is 0 Å². The maximum Gasteiger partial charge on any atom is 0.118 e. The third kappa shape index (κ3) is 4.45. The first-order chi connectivity index (χ1) is 10.0. The van der Waals surface area contributed by atoms with E-state index in [0.717, 1.165) is 24.3 Å². The lowest BCUT2D eigenvalue weighted by atomic mass is 9.99. The molecule has 0 aromatic heterocycles. The average Bonchev–Trinajstić information content (AvgIpc) is 3.31. The highest BCUT2D eigenvalue weighted by Crippen LogP contribution is 2.32. The van der Waals surface area contributed by atoms with Crippen molar-refractivity contribution in [2.75, 3.05) is 13.7 Å². The molecule has 2 unspecified atom stereocenters. The predicted molar refractivity (Wildman–Crippen MR) is 88.6 cm³/mol. The third-order valence-electron chi connectivity index (χ3n) is 4.52. The van der Waals surface area contributed by atoms with E-state index >= 15 is 0 Å². The van der Waals surface area contributed by atoms with Crippen molar-refractivity contribution in [1.82, 2.24) is 4.90 Å². The van der Waals surface area contributed by atoms with E-state index in [1.807, 2.05) is 12.1 Å². The molecule has 0 aliphatic heterocycles. The number of benzene rings is 1. The molecule has 1 aromatic carbocycles. The van der Waals surface area contributed by atoms with E-state index in [1.165, 1.54) is 24.8 Å². The fourth-order valence-corrected chi connectivity index (χ4v) is 2.84. The third-order valence-corrected chi connectivity index (χ3v) is 4.52. The van der Waals surface area contributed by atoms with Crippen LogP contribution in [0.15, 0.2) is 24.3 Å². The van der Waals surface area contributed by atoms with E-state index in [4.69, 9.17) is 10.5 Å². The van der Waals surface area contributed by atoms with Gasteiger partial charge in [0, 0.05) is 18.1 Å². The lowest BCUT2D eigenvalue weighted by Crippen LogP contribution is -2.43. The molecule has 118 valence electrons. The van der Waals surface area contributed by atoms with Crippen molar-refractivity contribution >= 4 is 0 Å². The number of rotatable bonds is 8. The molecule has 0 amide bonds. The summed E-state index contributed by atoms with van der Waals surface area (Å²) in [5.41, 5.74) is 7.71. The summed E-state index contributed by atoms with van der Waals surface area (Å²) in [5, 5.41) is 0. The molecule has 1 saturated carbocycles. The Labute approximate surface area is 129 Å². The number of hydrogen-bond acceptors (Lipinski definition) is 3. The quantitative estimate of drug-likeness (QED) is 0.795. The zero-order chi connectivity index (χ0) is 15.4. The van der Waals surface area contributed by atoms with Crippen LogP contribution >= 0.6 is 0 Å². The predicted octanol–water partition coefficient (Wildman–Crippen LogP) is 3.59. The summed E-state index contributed by atoms with van der Waals surface area (Å²) in [4.78, 5) is 2.62. The van der Waals surface area contributed by atoms with Gasteiger partial charge in [-0.1, -0.05) is 26.0 Å². The molecule has 2 atom stereocenters. The zero-order valence-corrected chi connectivity index (χ0v) is 13.9.